The third-order valence-electron chi connectivity index (χ3n) is 5.11. The lowest BCUT2D eigenvalue weighted by Gasteiger charge is -2.18. The van der Waals surface area contributed by atoms with Crippen molar-refractivity contribution in [1.82, 2.24) is 14.7 Å². The molecule has 1 aliphatic heterocycles. The van der Waals surface area contributed by atoms with Crippen LogP contribution in [0.4, 0.5) is 25.5 Å². The predicted octanol–water partition coefficient (Wildman–Crippen LogP) is 3.95. The summed E-state index contributed by atoms with van der Waals surface area (Å²) in [6.07, 6.45) is 1.56. The number of fused-ring (bicyclic) bond motifs is 1. The number of anilines is 2. The molecule has 1 atom stereocenters. The number of rotatable bonds is 5. The smallest absolute Gasteiger partial charge is 0.414 e. The minimum Gasteiger partial charge on any atom is -0.444 e. The summed E-state index contributed by atoms with van der Waals surface area (Å²) in [5, 5.41) is 5.18. The standard InChI is InChI=1S/C24H26FN5O5/c1-14(31)26-10-17-12-30(23(33)34-17)16-6-7-18(19(25)9-16)15-5-8-21-27-20(13-29(21)11-15)28-22(32)35-24(2,3)4/h5-9,11,13,17H,10,12H2,1-4H3,(H,26,31)(H,28,32)/t17-/m0/s1. The Labute approximate surface area is 201 Å². The molecule has 0 saturated carbocycles. The minimum atomic E-state index is -0.641. The number of nitrogens with one attached hydrogen (secondary N) is 2. The van der Waals surface area contributed by atoms with Gasteiger partial charge >= 0.3 is 12.2 Å². The lowest BCUT2D eigenvalue weighted by Crippen LogP contribution is -2.33. The van der Waals surface area contributed by atoms with Gasteiger partial charge in [0.25, 0.3) is 0 Å². The Morgan fingerprint density at radius 1 is 1.23 bits per heavy atom. The average molecular weight is 484 g/mol. The topological polar surface area (TPSA) is 114 Å². The van der Waals surface area contributed by atoms with Crippen LogP contribution < -0.4 is 15.5 Å². The maximum Gasteiger partial charge on any atom is 0.414 e. The first-order valence-electron chi connectivity index (χ1n) is 11.0. The quantitative estimate of drug-likeness (QED) is 0.568. The number of hydrogen-bond acceptors (Lipinski definition) is 6. The summed E-state index contributed by atoms with van der Waals surface area (Å²) in [4.78, 5) is 41.0. The van der Waals surface area contributed by atoms with E-state index in [0.29, 0.717) is 28.3 Å². The fraction of sp³-hybridized carbons (Fsp3) is 0.333. The second kappa shape index (κ2) is 9.24. The van der Waals surface area contributed by atoms with E-state index in [1.807, 2.05) is 0 Å². The van der Waals surface area contributed by atoms with Crippen molar-refractivity contribution in [2.75, 3.05) is 23.3 Å². The van der Waals surface area contributed by atoms with Crippen molar-refractivity contribution >= 4 is 35.2 Å². The number of benzene rings is 1. The molecule has 1 aliphatic rings. The number of carbonyl (C=O) groups is 3. The molecule has 4 rings (SSSR count). The van der Waals surface area contributed by atoms with E-state index in [0.717, 1.165) is 0 Å². The summed E-state index contributed by atoms with van der Waals surface area (Å²) < 4.78 is 27.2. The molecule has 1 fully saturated rings. The Hall–Kier alpha value is -4.15. The van der Waals surface area contributed by atoms with Crippen LogP contribution in [0, 0.1) is 5.82 Å². The molecule has 2 aromatic heterocycles. The van der Waals surface area contributed by atoms with Gasteiger partial charge in [-0.2, -0.15) is 0 Å². The Morgan fingerprint density at radius 3 is 2.69 bits per heavy atom. The first-order valence-corrected chi connectivity index (χ1v) is 11.0. The van der Waals surface area contributed by atoms with Crippen molar-refractivity contribution in [3.63, 3.8) is 0 Å². The van der Waals surface area contributed by atoms with Crippen LogP contribution in [-0.2, 0) is 14.3 Å². The van der Waals surface area contributed by atoms with Gasteiger partial charge in [-0.25, -0.2) is 19.0 Å². The molecule has 10 nitrogen and oxygen atoms in total. The molecular formula is C24H26FN5O5. The number of carbonyl (C=O) groups excluding carboxylic acids is 3. The fourth-order valence-corrected chi connectivity index (χ4v) is 3.62. The van der Waals surface area contributed by atoms with Crippen LogP contribution in [0.3, 0.4) is 0 Å². The molecule has 35 heavy (non-hydrogen) atoms. The third-order valence-corrected chi connectivity index (χ3v) is 5.11. The summed E-state index contributed by atoms with van der Waals surface area (Å²) in [5.41, 5.74) is 1.18. The summed E-state index contributed by atoms with van der Waals surface area (Å²) in [6.45, 7) is 7.06. The van der Waals surface area contributed by atoms with Gasteiger partial charge in [0.15, 0.2) is 5.82 Å². The molecule has 1 saturated heterocycles. The van der Waals surface area contributed by atoms with E-state index in [2.05, 4.69) is 15.6 Å². The third kappa shape index (κ3) is 5.68. The monoisotopic (exact) mass is 483 g/mol. The number of halogens is 1. The zero-order valence-corrected chi connectivity index (χ0v) is 19.8. The molecule has 3 amide bonds. The Morgan fingerprint density at radius 2 is 2.00 bits per heavy atom. The van der Waals surface area contributed by atoms with Crippen LogP contribution in [0.15, 0.2) is 42.7 Å². The van der Waals surface area contributed by atoms with Crippen LogP contribution in [-0.4, -0.2) is 52.3 Å². The molecule has 2 N–H and O–H groups in total. The van der Waals surface area contributed by atoms with Crippen molar-refractivity contribution in [3.05, 3.63) is 48.5 Å². The van der Waals surface area contributed by atoms with Crippen LogP contribution in [0.1, 0.15) is 27.7 Å². The molecule has 0 radical (unpaired) electrons. The predicted molar refractivity (Wildman–Crippen MR) is 127 cm³/mol. The summed E-state index contributed by atoms with van der Waals surface area (Å²) in [7, 11) is 0. The SMILES string of the molecule is CC(=O)NC[C@H]1CN(c2ccc(-c3ccc4nc(NC(=O)OC(C)(C)C)cn4c3)c(F)c2)C(=O)O1. The molecule has 1 aromatic carbocycles. The van der Waals surface area contributed by atoms with Gasteiger partial charge in [-0.15, -0.1) is 0 Å². The van der Waals surface area contributed by atoms with Crippen molar-refractivity contribution in [3.8, 4) is 11.1 Å². The van der Waals surface area contributed by atoms with Gasteiger partial charge in [-0.1, -0.05) is 0 Å². The number of amides is 3. The number of imidazole rings is 1. The largest absolute Gasteiger partial charge is 0.444 e. The maximum absolute atomic E-state index is 15.1. The van der Waals surface area contributed by atoms with Gasteiger partial charge in [0.1, 0.15) is 23.2 Å². The highest BCUT2D eigenvalue weighted by Gasteiger charge is 2.32. The molecule has 3 aromatic rings. The van der Waals surface area contributed by atoms with Gasteiger partial charge in [-0.3, -0.25) is 15.0 Å². The number of hydrogen-bond donors (Lipinski definition) is 2. The molecule has 0 spiro atoms. The van der Waals surface area contributed by atoms with Crippen LogP contribution in [0.25, 0.3) is 16.8 Å². The lowest BCUT2D eigenvalue weighted by atomic mass is 10.1. The second-order valence-corrected chi connectivity index (χ2v) is 9.15. The van der Waals surface area contributed by atoms with Crippen molar-refractivity contribution < 1.29 is 28.2 Å². The van der Waals surface area contributed by atoms with E-state index >= 15 is 4.39 Å². The minimum absolute atomic E-state index is 0.188. The molecule has 184 valence electrons. The maximum atomic E-state index is 15.1. The first kappa shape index (κ1) is 24.0. The zero-order valence-electron chi connectivity index (χ0n) is 19.8. The highest BCUT2D eigenvalue weighted by Crippen LogP contribution is 2.29. The number of pyridine rings is 1. The molecule has 11 heteroatoms. The molecule has 0 bridgehead atoms. The highest BCUT2D eigenvalue weighted by atomic mass is 19.1. The highest BCUT2D eigenvalue weighted by molar-refractivity contribution is 5.90. The van der Waals surface area contributed by atoms with E-state index in [1.54, 1.807) is 61.8 Å². The summed E-state index contributed by atoms with van der Waals surface area (Å²) in [6, 6.07) is 7.90. The Balaban J connectivity index is 1.50. The van der Waals surface area contributed by atoms with Gasteiger partial charge in [0, 0.05) is 24.2 Å². The first-order chi connectivity index (χ1) is 16.5. The van der Waals surface area contributed by atoms with Gasteiger partial charge in [0.05, 0.1) is 25.0 Å². The summed E-state index contributed by atoms with van der Waals surface area (Å²) in [5.74, 6) is -0.446. The molecule has 3 heterocycles. The van der Waals surface area contributed by atoms with Gasteiger partial charge < -0.3 is 19.2 Å². The van der Waals surface area contributed by atoms with Gasteiger partial charge in [-0.05, 0) is 51.1 Å². The number of aromatic nitrogens is 2. The number of nitrogens with zero attached hydrogens (tertiary/aromatic N) is 3. The van der Waals surface area contributed by atoms with Crippen LogP contribution in [0.5, 0.6) is 0 Å². The fourth-order valence-electron chi connectivity index (χ4n) is 3.62. The normalized spacial score (nSPS) is 15.7. The second-order valence-electron chi connectivity index (χ2n) is 9.15. The summed E-state index contributed by atoms with van der Waals surface area (Å²) >= 11 is 0. The van der Waals surface area contributed by atoms with Crippen molar-refractivity contribution in [2.24, 2.45) is 0 Å². The zero-order chi connectivity index (χ0) is 25.3. The Kier molecular flexibility index (Phi) is 6.33. The number of ether oxygens (including phenoxy) is 2. The lowest BCUT2D eigenvalue weighted by molar-refractivity contribution is -0.119. The van der Waals surface area contributed by atoms with E-state index in [1.165, 1.54) is 17.9 Å². The van der Waals surface area contributed by atoms with E-state index in [9.17, 15) is 14.4 Å². The van der Waals surface area contributed by atoms with Crippen LogP contribution in [0.2, 0.25) is 0 Å². The van der Waals surface area contributed by atoms with E-state index in [-0.39, 0.29) is 19.0 Å². The Bertz CT molecular complexity index is 1300. The molecule has 0 aliphatic carbocycles. The van der Waals surface area contributed by atoms with Gasteiger partial charge in [0.2, 0.25) is 5.91 Å². The molecular weight excluding hydrogens is 457 g/mol. The van der Waals surface area contributed by atoms with Crippen molar-refractivity contribution in [2.45, 2.75) is 39.4 Å². The molecule has 0 unspecified atom stereocenters. The number of cyclic esters (lactones) is 1. The van der Waals surface area contributed by atoms with E-state index < -0.39 is 29.7 Å². The average Bonchev–Trinajstić information content (AvgIpc) is 3.32. The van der Waals surface area contributed by atoms with Crippen molar-refractivity contribution in [1.29, 1.82) is 0 Å². The van der Waals surface area contributed by atoms with Crippen LogP contribution >= 0.6 is 0 Å². The van der Waals surface area contributed by atoms with E-state index in [4.69, 9.17) is 9.47 Å².